The number of nitrogens with two attached hydrogens (primary N) is 1. The number of carbonyl (C=O) groups is 1. The lowest BCUT2D eigenvalue weighted by molar-refractivity contribution is -0.131. The van der Waals surface area contributed by atoms with Gasteiger partial charge in [-0.3, -0.25) is 4.79 Å². The van der Waals surface area contributed by atoms with Gasteiger partial charge in [-0.05, 0) is 12.8 Å². The number of halogens is 3. The Morgan fingerprint density at radius 3 is 2.67 bits per heavy atom. The van der Waals surface area contributed by atoms with Crippen molar-refractivity contribution in [1.29, 1.82) is 0 Å². The van der Waals surface area contributed by atoms with Crippen molar-refractivity contribution in [2.24, 2.45) is 0 Å². The first-order chi connectivity index (χ1) is 9.81. The maximum absolute atomic E-state index is 12.1. The molecule has 1 fully saturated rings. The van der Waals surface area contributed by atoms with Crippen LogP contribution in [0.15, 0.2) is 0 Å². The predicted molar refractivity (Wildman–Crippen MR) is 74.9 cm³/mol. The molecule has 9 heteroatoms. The molecule has 118 valence electrons. The van der Waals surface area contributed by atoms with Gasteiger partial charge in [0, 0.05) is 12.6 Å². The standard InChI is InChI=1S/C12H16F3N3O2S/c1-20-8-7(16)9(10(19)18-6-2-3-6)21-11(8)17-5-4-12(13,14)15/h6,17H,2-5,16H2,1H3,(H,18,19). The van der Waals surface area contributed by atoms with Crippen molar-refractivity contribution in [3.63, 3.8) is 0 Å². The van der Waals surface area contributed by atoms with Gasteiger partial charge in [0.25, 0.3) is 5.91 Å². The van der Waals surface area contributed by atoms with Crippen molar-refractivity contribution in [1.82, 2.24) is 5.32 Å². The fraction of sp³-hybridized carbons (Fsp3) is 0.583. The first-order valence-corrected chi connectivity index (χ1v) is 7.21. The molecule has 1 saturated carbocycles. The number of thiophene rings is 1. The van der Waals surface area contributed by atoms with Crippen molar-refractivity contribution in [2.45, 2.75) is 31.5 Å². The van der Waals surface area contributed by atoms with Crippen LogP contribution in [0.1, 0.15) is 28.9 Å². The smallest absolute Gasteiger partial charge is 0.390 e. The molecule has 0 aromatic carbocycles. The topological polar surface area (TPSA) is 76.4 Å². The molecule has 0 spiro atoms. The Hall–Kier alpha value is -1.64. The van der Waals surface area contributed by atoms with Crippen LogP contribution in [0.2, 0.25) is 0 Å². The van der Waals surface area contributed by atoms with E-state index in [0.29, 0.717) is 5.00 Å². The molecule has 0 aliphatic heterocycles. The van der Waals surface area contributed by atoms with Crippen LogP contribution in [0.25, 0.3) is 0 Å². The summed E-state index contributed by atoms with van der Waals surface area (Å²) < 4.78 is 41.5. The number of ether oxygens (including phenoxy) is 1. The molecular formula is C12H16F3N3O2S. The molecule has 0 radical (unpaired) electrons. The van der Waals surface area contributed by atoms with Gasteiger partial charge < -0.3 is 21.1 Å². The van der Waals surface area contributed by atoms with E-state index >= 15 is 0 Å². The molecule has 1 aliphatic rings. The van der Waals surface area contributed by atoms with Gasteiger partial charge in [-0.25, -0.2) is 0 Å². The third-order valence-electron chi connectivity index (χ3n) is 2.92. The Bertz CT molecular complexity index is 527. The number of hydrogen-bond donors (Lipinski definition) is 3. The molecule has 2 rings (SSSR count). The minimum atomic E-state index is -4.24. The number of nitrogen functional groups attached to an aromatic ring is 1. The van der Waals surface area contributed by atoms with Gasteiger partial charge >= 0.3 is 6.18 Å². The van der Waals surface area contributed by atoms with E-state index in [2.05, 4.69) is 10.6 Å². The van der Waals surface area contributed by atoms with E-state index in [9.17, 15) is 18.0 Å². The summed E-state index contributed by atoms with van der Waals surface area (Å²) >= 11 is 0.999. The summed E-state index contributed by atoms with van der Waals surface area (Å²) in [6.45, 7) is -0.302. The second-order valence-electron chi connectivity index (χ2n) is 4.75. The highest BCUT2D eigenvalue weighted by atomic mass is 32.1. The molecule has 1 aliphatic carbocycles. The number of alkyl halides is 3. The van der Waals surface area contributed by atoms with Crippen LogP contribution < -0.4 is 21.1 Å². The van der Waals surface area contributed by atoms with Gasteiger partial charge in [-0.1, -0.05) is 0 Å². The molecule has 4 N–H and O–H groups in total. The lowest BCUT2D eigenvalue weighted by atomic mass is 10.3. The lowest BCUT2D eigenvalue weighted by Crippen LogP contribution is -2.25. The summed E-state index contributed by atoms with van der Waals surface area (Å²) in [7, 11) is 1.36. The Balaban J connectivity index is 2.07. The van der Waals surface area contributed by atoms with Gasteiger partial charge in [0.1, 0.15) is 15.6 Å². The van der Waals surface area contributed by atoms with E-state index in [1.54, 1.807) is 0 Å². The molecule has 1 amide bonds. The van der Waals surface area contributed by atoms with Crippen LogP contribution in [-0.4, -0.2) is 31.8 Å². The summed E-state index contributed by atoms with van der Waals surface area (Å²) in [5, 5.41) is 5.74. The van der Waals surface area contributed by atoms with Gasteiger partial charge in [0.15, 0.2) is 5.75 Å². The van der Waals surface area contributed by atoms with E-state index < -0.39 is 12.6 Å². The quantitative estimate of drug-likeness (QED) is 0.752. The van der Waals surface area contributed by atoms with Gasteiger partial charge in [0.05, 0.1) is 13.5 Å². The highest BCUT2D eigenvalue weighted by Crippen LogP contribution is 2.42. The van der Waals surface area contributed by atoms with Crippen molar-refractivity contribution < 1.29 is 22.7 Å². The molecule has 5 nitrogen and oxygen atoms in total. The number of methoxy groups -OCH3 is 1. The highest BCUT2D eigenvalue weighted by molar-refractivity contribution is 7.19. The number of hydrogen-bond acceptors (Lipinski definition) is 5. The van der Waals surface area contributed by atoms with E-state index in [1.165, 1.54) is 7.11 Å². The third kappa shape index (κ3) is 4.16. The lowest BCUT2D eigenvalue weighted by Gasteiger charge is -2.08. The van der Waals surface area contributed by atoms with Crippen molar-refractivity contribution >= 4 is 27.9 Å². The molecule has 1 heterocycles. The van der Waals surface area contributed by atoms with Crippen LogP contribution in [0, 0.1) is 0 Å². The SMILES string of the molecule is COc1c(NCCC(F)(F)F)sc(C(=O)NC2CC2)c1N. The fourth-order valence-corrected chi connectivity index (χ4v) is 2.73. The maximum Gasteiger partial charge on any atom is 0.390 e. The monoisotopic (exact) mass is 323 g/mol. The highest BCUT2D eigenvalue weighted by Gasteiger charge is 2.29. The number of amides is 1. The predicted octanol–water partition coefficient (Wildman–Crippen LogP) is 2.60. The Morgan fingerprint density at radius 1 is 1.48 bits per heavy atom. The molecule has 0 unspecified atom stereocenters. The Kier molecular flexibility index (Phi) is 4.50. The molecule has 0 bridgehead atoms. The first kappa shape index (κ1) is 15.7. The zero-order valence-corrected chi connectivity index (χ0v) is 12.2. The van der Waals surface area contributed by atoms with Crippen molar-refractivity contribution in [2.75, 3.05) is 24.7 Å². The number of anilines is 2. The molecular weight excluding hydrogens is 307 g/mol. The van der Waals surface area contributed by atoms with Crippen LogP contribution in [0.4, 0.5) is 23.9 Å². The molecule has 21 heavy (non-hydrogen) atoms. The maximum atomic E-state index is 12.1. The molecule has 0 atom stereocenters. The molecule has 1 aromatic rings. The zero-order chi connectivity index (χ0) is 15.6. The van der Waals surface area contributed by atoms with Crippen LogP contribution in [0.5, 0.6) is 5.75 Å². The van der Waals surface area contributed by atoms with E-state index in [-0.39, 0.29) is 34.8 Å². The van der Waals surface area contributed by atoms with Crippen LogP contribution >= 0.6 is 11.3 Å². The molecule has 0 saturated heterocycles. The van der Waals surface area contributed by atoms with Gasteiger partial charge in [0.2, 0.25) is 0 Å². The van der Waals surface area contributed by atoms with Crippen LogP contribution in [-0.2, 0) is 0 Å². The Labute approximate surface area is 123 Å². The Morgan fingerprint density at radius 2 is 2.14 bits per heavy atom. The molecule has 1 aromatic heterocycles. The van der Waals surface area contributed by atoms with Crippen molar-refractivity contribution in [3.05, 3.63) is 4.88 Å². The largest absolute Gasteiger partial charge is 0.492 e. The number of nitrogens with one attached hydrogen (secondary N) is 2. The first-order valence-electron chi connectivity index (χ1n) is 6.39. The minimum Gasteiger partial charge on any atom is -0.492 e. The summed E-state index contributed by atoms with van der Waals surface area (Å²) in [6.07, 6.45) is -3.34. The summed E-state index contributed by atoms with van der Waals surface area (Å²) in [6, 6.07) is 0.173. The number of rotatable bonds is 6. The minimum absolute atomic E-state index is 0.148. The van der Waals surface area contributed by atoms with Gasteiger partial charge in [-0.15, -0.1) is 11.3 Å². The fourth-order valence-electron chi connectivity index (χ4n) is 1.71. The summed E-state index contributed by atoms with van der Waals surface area (Å²) in [4.78, 5) is 12.2. The zero-order valence-electron chi connectivity index (χ0n) is 11.3. The van der Waals surface area contributed by atoms with Crippen LogP contribution in [0.3, 0.4) is 0 Å². The normalized spacial score (nSPS) is 14.9. The van der Waals surface area contributed by atoms with Crippen molar-refractivity contribution in [3.8, 4) is 5.75 Å². The summed E-state index contributed by atoms with van der Waals surface area (Å²) in [5.74, 6) is -0.106. The average molecular weight is 323 g/mol. The third-order valence-corrected chi connectivity index (χ3v) is 4.06. The van der Waals surface area contributed by atoms with E-state index in [0.717, 1.165) is 24.2 Å². The second kappa shape index (κ2) is 6.00. The number of carbonyl (C=O) groups excluding carboxylic acids is 1. The van der Waals surface area contributed by atoms with Gasteiger partial charge in [-0.2, -0.15) is 13.2 Å². The summed E-state index contributed by atoms with van der Waals surface area (Å²) in [5.41, 5.74) is 5.98. The van der Waals surface area contributed by atoms with E-state index in [4.69, 9.17) is 10.5 Å². The van der Waals surface area contributed by atoms with E-state index in [1.807, 2.05) is 0 Å². The average Bonchev–Trinajstić information content (AvgIpc) is 3.12. The second-order valence-corrected chi connectivity index (χ2v) is 5.77.